The second kappa shape index (κ2) is 8.08. The molecule has 122 valence electrons. The summed E-state index contributed by atoms with van der Waals surface area (Å²) < 4.78 is 5.34. The van der Waals surface area contributed by atoms with Crippen LogP contribution >= 0.6 is 12.2 Å². The predicted octanol–water partition coefficient (Wildman–Crippen LogP) is 2.79. The Hall–Kier alpha value is -0.680. The Morgan fingerprint density at radius 2 is 1.95 bits per heavy atom. The first-order valence-electron chi connectivity index (χ1n) is 8.00. The summed E-state index contributed by atoms with van der Waals surface area (Å²) in [4.78, 5) is 12.9. The molecule has 5 heteroatoms. The molecule has 1 aliphatic rings. The lowest BCUT2D eigenvalue weighted by molar-refractivity contribution is -0.131. The van der Waals surface area contributed by atoms with Crippen LogP contribution in [0.25, 0.3) is 0 Å². The van der Waals surface area contributed by atoms with Crippen LogP contribution in [0.3, 0.4) is 0 Å². The van der Waals surface area contributed by atoms with Crippen molar-refractivity contribution in [3.05, 3.63) is 0 Å². The molecule has 1 saturated heterocycles. The molecule has 4 nitrogen and oxygen atoms in total. The molecule has 0 aliphatic carbocycles. The summed E-state index contributed by atoms with van der Waals surface area (Å²) in [6.07, 6.45) is 5.95. The van der Waals surface area contributed by atoms with E-state index in [4.69, 9.17) is 22.7 Å². The van der Waals surface area contributed by atoms with Gasteiger partial charge in [0.1, 0.15) is 5.41 Å². The van der Waals surface area contributed by atoms with E-state index in [1.165, 1.54) is 19.3 Å². The third kappa shape index (κ3) is 5.22. The average Bonchev–Trinajstić information content (AvgIpc) is 2.45. The van der Waals surface area contributed by atoms with Crippen LogP contribution in [-0.2, 0) is 9.53 Å². The molecule has 1 rings (SSSR count). The van der Waals surface area contributed by atoms with E-state index in [1.807, 2.05) is 0 Å². The molecule has 0 atom stereocenters. The van der Waals surface area contributed by atoms with E-state index < -0.39 is 5.41 Å². The number of nitrogens with one attached hydrogen (secondary N) is 1. The van der Waals surface area contributed by atoms with Gasteiger partial charge in [0.2, 0.25) is 5.91 Å². The van der Waals surface area contributed by atoms with Crippen molar-refractivity contribution in [3.8, 4) is 0 Å². The van der Waals surface area contributed by atoms with Crippen molar-refractivity contribution in [3.63, 3.8) is 0 Å². The number of carbonyl (C=O) groups excluding carboxylic acids is 1. The molecular weight excluding hydrogens is 284 g/mol. The molecule has 0 bridgehead atoms. The zero-order valence-electron chi connectivity index (χ0n) is 13.7. The molecule has 0 aromatic rings. The first-order chi connectivity index (χ1) is 9.84. The van der Waals surface area contributed by atoms with E-state index in [1.54, 1.807) is 0 Å². The minimum atomic E-state index is -0.715. The summed E-state index contributed by atoms with van der Waals surface area (Å²) in [6, 6.07) is 0. The molecule has 21 heavy (non-hydrogen) atoms. The van der Waals surface area contributed by atoms with Gasteiger partial charge in [-0.15, -0.1) is 0 Å². The number of carbonyl (C=O) groups is 1. The highest BCUT2D eigenvalue weighted by Crippen LogP contribution is 2.32. The fraction of sp³-hybridized carbons (Fsp3) is 0.875. The van der Waals surface area contributed by atoms with Crippen molar-refractivity contribution in [2.24, 2.45) is 16.6 Å². The number of unbranched alkanes of at least 4 members (excludes halogenated alkanes) is 2. The zero-order valence-corrected chi connectivity index (χ0v) is 14.5. The Balaban J connectivity index is 2.56. The highest BCUT2D eigenvalue weighted by molar-refractivity contribution is 7.80. The molecular formula is C16H30N2O2S. The molecule has 1 fully saturated rings. The van der Waals surface area contributed by atoms with Gasteiger partial charge in [0.05, 0.1) is 4.99 Å². The fourth-order valence-electron chi connectivity index (χ4n) is 2.74. The van der Waals surface area contributed by atoms with Crippen LogP contribution in [0.5, 0.6) is 0 Å². The zero-order chi connectivity index (χ0) is 15.9. The normalized spacial score (nSPS) is 18.2. The van der Waals surface area contributed by atoms with Crippen molar-refractivity contribution in [2.45, 2.75) is 59.3 Å². The van der Waals surface area contributed by atoms with Gasteiger partial charge in [0, 0.05) is 19.8 Å². The molecule has 1 amide bonds. The summed E-state index contributed by atoms with van der Waals surface area (Å²) in [6.45, 7) is 8.35. The standard InChI is InChI=1S/C16H30N2O2S/c1-4-5-6-7-15(2,3)12-18-14(19)16(13(17)21)8-10-20-11-9-16/h4-12H2,1-3H3,(H2,17,21)(H,18,19). The van der Waals surface area contributed by atoms with Crippen molar-refractivity contribution < 1.29 is 9.53 Å². The maximum absolute atomic E-state index is 12.6. The Morgan fingerprint density at radius 1 is 1.33 bits per heavy atom. The fourth-order valence-corrected chi connectivity index (χ4v) is 3.03. The number of thiocarbonyl (C=S) groups is 1. The average molecular weight is 314 g/mol. The Kier molecular flexibility index (Phi) is 7.07. The molecule has 0 aromatic heterocycles. The van der Waals surface area contributed by atoms with Gasteiger partial charge in [-0.25, -0.2) is 0 Å². The van der Waals surface area contributed by atoms with Crippen molar-refractivity contribution in [1.82, 2.24) is 5.32 Å². The quantitative estimate of drug-likeness (QED) is 0.534. The molecule has 1 aliphatic heterocycles. The number of amides is 1. The lowest BCUT2D eigenvalue weighted by Crippen LogP contribution is -2.53. The van der Waals surface area contributed by atoms with Crippen LogP contribution in [-0.4, -0.2) is 30.7 Å². The van der Waals surface area contributed by atoms with Crippen LogP contribution < -0.4 is 11.1 Å². The maximum Gasteiger partial charge on any atom is 0.233 e. The molecule has 0 aromatic carbocycles. The van der Waals surface area contributed by atoms with Crippen LogP contribution in [0.4, 0.5) is 0 Å². The summed E-state index contributed by atoms with van der Waals surface area (Å²) in [5.41, 5.74) is 5.25. The van der Waals surface area contributed by atoms with E-state index in [0.717, 1.165) is 6.42 Å². The lowest BCUT2D eigenvalue weighted by atomic mass is 9.78. The van der Waals surface area contributed by atoms with E-state index in [-0.39, 0.29) is 11.3 Å². The Labute approximate surface area is 134 Å². The number of nitrogens with two attached hydrogens (primary N) is 1. The summed E-state index contributed by atoms with van der Waals surface area (Å²) in [5.74, 6) is -0.0260. The van der Waals surface area contributed by atoms with Gasteiger partial charge >= 0.3 is 0 Å². The van der Waals surface area contributed by atoms with Gasteiger partial charge in [-0.2, -0.15) is 0 Å². The first kappa shape index (κ1) is 18.4. The summed E-state index contributed by atoms with van der Waals surface area (Å²) >= 11 is 5.16. The number of ether oxygens (including phenoxy) is 1. The highest BCUT2D eigenvalue weighted by Gasteiger charge is 2.43. The first-order valence-corrected chi connectivity index (χ1v) is 8.41. The second-order valence-corrected chi connectivity index (χ2v) is 7.30. The molecule has 0 unspecified atom stereocenters. The van der Waals surface area contributed by atoms with Crippen molar-refractivity contribution >= 4 is 23.1 Å². The number of hydrogen-bond donors (Lipinski definition) is 2. The van der Waals surface area contributed by atoms with E-state index in [2.05, 4.69) is 26.1 Å². The van der Waals surface area contributed by atoms with E-state index in [9.17, 15) is 4.79 Å². The van der Waals surface area contributed by atoms with Crippen LogP contribution in [0.2, 0.25) is 0 Å². The molecule has 1 heterocycles. The van der Waals surface area contributed by atoms with Crippen LogP contribution in [0.15, 0.2) is 0 Å². The minimum absolute atomic E-state index is 0.0260. The Morgan fingerprint density at radius 3 is 2.48 bits per heavy atom. The van der Waals surface area contributed by atoms with Gasteiger partial charge in [-0.1, -0.05) is 52.3 Å². The smallest absolute Gasteiger partial charge is 0.233 e. The molecule has 3 N–H and O–H groups in total. The lowest BCUT2D eigenvalue weighted by Gasteiger charge is -2.36. The Bertz CT molecular complexity index is 363. The van der Waals surface area contributed by atoms with Gasteiger partial charge in [-0.3, -0.25) is 4.79 Å². The predicted molar refractivity (Wildman–Crippen MR) is 90.2 cm³/mol. The summed E-state index contributed by atoms with van der Waals surface area (Å²) in [5, 5.41) is 3.08. The highest BCUT2D eigenvalue weighted by atomic mass is 32.1. The van der Waals surface area contributed by atoms with Crippen LogP contribution in [0.1, 0.15) is 59.3 Å². The van der Waals surface area contributed by atoms with Gasteiger partial charge < -0.3 is 15.8 Å². The molecule has 0 spiro atoms. The number of hydrogen-bond acceptors (Lipinski definition) is 3. The SMILES string of the molecule is CCCCCC(C)(C)CNC(=O)C1(C(N)=S)CCOCC1. The van der Waals surface area contributed by atoms with Gasteiger partial charge in [0.25, 0.3) is 0 Å². The number of rotatable bonds is 8. The van der Waals surface area contributed by atoms with Crippen molar-refractivity contribution in [1.29, 1.82) is 0 Å². The molecule has 0 saturated carbocycles. The molecule has 0 radical (unpaired) electrons. The van der Waals surface area contributed by atoms with E-state index >= 15 is 0 Å². The van der Waals surface area contributed by atoms with Gasteiger partial charge in [0.15, 0.2) is 0 Å². The summed E-state index contributed by atoms with van der Waals surface area (Å²) in [7, 11) is 0. The van der Waals surface area contributed by atoms with Gasteiger partial charge in [-0.05, 0) is 24.7 Å². The topological polar surface area (TPSA) is 64.4 Å². The third-order valence-corrected chi connectivity index (χ3v) is 4.83. The van der Waals surface area contributed by atoms with Crippen LogP contribution in [0, 0.1) is 10.8 Å². The third-order valence-electron chi connectivity index (χ3n) is 4.44. The largest absolute Gasteiger partial charge is 0.392 e. The maximum atomic E-state index is 12.6. The minimum Gasteiger partial charge on any atom is -0.392 e. The second-order valence-electron chi connectivity index (χ2n) is 6.86. The monoisotopic (exact) mass is 314 g/mol. The van der Waals surface area contributed by atoms with Crippen molar-refractivity contribution in [2.75, 3.05) is 19.8 Å². The van der Waals surface area contributed by atoms with E-state index in [0.29, 0.717) is 37.6 Å².